The number of rotatable bonds is 7. The normalized spacial score (nSPS) is 11.1. The summed E-state index contributed by atoms with van der Waals surface area (Å²) in [5.74, 6) is 0.740. The lowest BCUT2D eigenvalue weighted by molar-refractivity contribution is -0.117. The van der Waals surface area contributed by atoms with Crippen LogP contribution in [0.25, 0.3) is 11.4 Å². The van der Waals surface area contributed by atoms with Crippen LogP contribution >= 0.6 is 0 Å². The zero-order chi connectivity index (χ0) is 17.0. The van der Waals surface area contributed by atoms with Crippen LogP contribution in [0.5, 0.6) is 0 Å². The van der Waals surface area contributed by atoms with Crippen LogP contribution in [0.3, 0.4) is 0 Å². The lowest BCUT2D eigenvalue weighted by Crippen LogP contribution is -2.14. The largest absolute Gasteiger partial charge is 0.369 e. The van der Waals surface area contributed by atoms with Gasteiger partial charge in [0.1, 0.15) is 0 Å². The average Bonchev–Trinajstić information content (AvgIpc) is 2.86. The second-order valence-corrected chi connectivity index (χ2v) is 5.88. The van der Waals surface area contributed by atoms with E-state index in [4.69, 9.17) is 5.73 Å². The van der Waals surface area contributed by atoms with Crippen LogP contribution in [0.15, 0.2) is 16.9 Å². The molecule has 0 saturated heterocycles. The van der Waals surface area contributed by atoms with Gasteiger partial charge in [0, 0.05) is 23.9 Å². The summed E-state index contributed by atoms with van der Waals surface area (Å²) in [5, 5.41) is 4.40. The van der Waals surface area contributed by atoms with E-state index in [9.17, 15) is 9.59 Å². The maximum atomic E-state index is 11.6. The Labute approximate surface area is 134 Å². The molecule has 0 aliphatic rings. The van der Waals surface area contributed by atoms with E-state index in [2.05, 4.69) is 22.0 Å². The number of pyridine rings is 1. The standard InChI is InChI=1S/C16H23N5O2/c1-4-5-8-21-16(18-13(20-21)9-12(17)22)11-6-7-14(23)19-15(11)10(2)3/h6-7,10H,4-5,8-9H2,1-3H3,(H2,17,22)(H,19,23). The van der Waals surface area contributed by atoms with Crippen LogP contribution in [-0.4, -0.2) is 25.7 Å². The maximum absolute atomic E-state index is 11.6. The van der Waals surface area contributed by atoms with Gasteiger partial charge in [-0.05, 0) is 18.4 Å². The molecule has 0 fully saturated rings. The van der Waals surface area contributed by atoms with Crippen molar-refractivity contribution in [2.75, 3.05) is 0 Å². The van der Waals surface area contributed by atoms with Crippen LogP contribution in [0, 0.1) is 0 Å². The smallest absolute Gasteiger partial charge is 0.248 e. The molecular formula is C16H23N5O2. The highest BCUT2D eigenvalue weighted by Gasteiger charge is 2.18. The zero-order valence-electron chi connectivity index (χ0n) is 13.8. The molecular weight excluding hydrogens is 294 g/mol. The number of hydrogen-bond acceptors (Lipinski definition) is 4. The number of aryl methyl sites for hydroxylation is 1. The Bertz CT molecular complexity index is 745. The Kier molecular flexibility index (Phi) is 5.31. The number of unbranched alkanes of at least 4 members (excludes halogenated alkanes) is 1. The Morgan fingerprint density at radius 1 is 1.39 bits per heavy atom. The van der Waals surface area contributed by atoms with Crippen LogP contribution in [0.2, 0.25) is 0 Å². The fourth-order valence-electron chi connectivity index (χ4n) is 2.42. The quantitative estimate of drug-likeness (QED) is 0.808. The maximum Gasteiger partial charge on any atom is 0.248 e. The highest BCUT2D eigenvalue weighted by atomic mass is 16.1. The molecule has 2 aromatic heterocycles. The predicted octanol–water partition coefficient (Wildman–Crippen LogP) is 1.58. The van der Waals surface area contributed by atoms with Crippen molar-refractivity contribution >= 4 is 5.91 Å². The van der Waals surface area contributed by atoms with Gasteiger partial charge < -0.3 is 10.7 Å². The van der Waals surface area contributed by atoms with Gasteiger partial charge in [0.05, 0.1) is 6.42 Å². The molecule has 0 bridgehead atoms. The SMILES string of the molecule is CCCCn1nc(CC(N)=O)nc1-c1ccc(=O)[nH]c1C(C)C. The summed E-state index contributed by atoms with van der Waals surface area (Å²) in [4.78, 5) is 30.1. The number of carbonyl (C=O) groups is 1. The summed E-state index contributed by atoms with van der Waals surface area (Å²) in [6, 6.07) is 3.24. The van der Waals surface area contributed by atoms with E-state index in [-0.39, 0.29) is 17.9 Å². The third-order valence-corrected chi connectivity index (χ3v) is 3.54. The number of H-pyrrole nitrogens is 1. The van der Waals surface area contributed by atoms with E-state index in [1.165, 1.54) is 6.07 Å². The second kappa shape index (κ2) is 7.21. The van der Waals surface area contributed by atoms with Crippen molar-refractivity contribution in [3.63, 3.8) is 0 Å². The molecule has 7 nitrogen and oxygen atoms in total. The fraction of sp³-hybridized carbons (Fsp3) is 0.500. The highest BCUT2D eigenvalue weighted by molar-refractivity contribution is 5.75. The molecule has 0 atom stereocenters. The van der Waals surface area contributed by atoms with Gasteiger partial charge in [-0.2, -0.15) is 5.10 Å². The van der Waals surface area contributed by atoms with Gasteiger partial charge in [-0.25, -0.2) is 9.67 Å². The number of nitrogens with zero attached hydrogens (tertiary/aromatic N) is 3. The molecule has 2 heterocycles. The first-order valence-electron chi connectivity index (χ1n) is 7.88. The van der Waals surface area contributed by atoms with Crippen molar-refractivity contribution in [1.29, 1.82) is 0 Å². The van der Waals surface area contributed by atoms with Crippen molar-refractivity contribution in [3.05, 3.63) is 34.0 Å². The van der Waals surface area contributed by atoms with Crippen molar-refractivity contribution in [1.82, 2.24) is 19.7 Å². The van der Waals surface area contributed by atoms with Crippen LogP contribution in [0.4, 0.5) is 0 Å². The molecule has 2 rings (SSSR count). The Balaban J connectivity index is 2.54. The summed E-state index contributed by atoms with van der Waals surface area (Å²) in [6.45, 7) is 6.81. The van der Waals surface area contributed by atoms with Crippen LogP contribution in [0.1, 0.15) is 51.0 Å². The molecule has 0 aliphatic carbocycles. The summed E-state index contributed by atoms with van der Waals surface area (Å²) in [5.41, 5.74) is 6.75. The van der Waals surface area contributed by atoms with Gasteiger partial charge in [0.2, 0.25) is 11.5 Å². The van der Waals surface area contributed by atoms with E-state index in [1.54, 1.807) is 10.7 Å². The van der Waals surface area contributed by atoms with E-state index in [0.29, 0.717) is 18.2 Å². The molecule has 0 unspecified atom stereocenters. The van der Waals surface area contributed by atoms with Gasteiger partial charge in [0.25, 0.3) is 0 Å². The summed E-state index contributed by atoms with van der Waals surface area (Å²) >= 11 is 0. The van der Waals surface area contributed by atoms with Crippen LogP contribution in [-0.2, 0) is 17.8 Å². The fourth-order valence-corrected chi connectivity index (χ4v) is 2.42. The molecule has 124 valence electrons. The van der Waals surface area contributed by atoms with Gasteiger partial charge in [-0.3, -0.25) is 9.59 Å². The number of aromatic amines is 1. The van der Waals surface area contributed by atoms with Gasteiger partial charge >= 0.3 is 0 Å². The number of hydrogen-bond donors (Lipinski definition) is 2. The highest BCUT2D eigenvalue weighted by Crippen LogP contribution is 2.25. The summed E-state index contributed by atoms with van der Waals surface area (Å²) < 4.78 is 1.79. The molecule has 1 amide bonds. The Morgan fingerprint density at radius 2 is 2.13 bits per heavy atom. The molecule has 0 saturated carbocycles. The Morgan fingerprint density at radius 3 is 2.74 bits per heavy atom. The second-order valence-electron chi connectivity index (χ2n) is 5.88. The molecule has 23 heavy (non-hydrogen) atoms. The molecule has 0 aromatic carbocycles. The monoisotopic (exact) mass is 317 g/mol. The first-order chi connectivity index (χ1) is 10.9. The number of aromatic nitrogens is 4. The average molecular weight is 317 g/mol. The first kappa shape index (κ1) is 16.9. The minimum Gasteiger partial charge on any atom is -0.369 e. The predicted molar refractivity (Wildman–Crippen MR) is 88.0 cm³/mol. The molecule has 3 N–H and O–H groups in total. The number of nitrogens with two attached hydrogens (primary N) is 1. The third kappa shape index (κ3) is 4.06. The molecule has 2 aromatic rings. The number of carbonyl (C=O) groups excluding carboxylic acids is 1. The van der Waals surface area contributed by atoms with E-state index < -0.39 is 5.91 Å². The number of nitrogens with one attached hydrogen (secondary N) is 1. The van der Waals surface area contributed by atoms with E-state index >= 15 is 0 Å². The zero-order valence-corrected chi connectivity index (χ0v) is 13.8. The molecule has 0 radical (unpaired) electrons. The van der Waals surface area contributed by atoms with Gasteiger partial charge in [-0.1, -0.05) is 27.2 Å². The van der Waals surface area contributed by atoms with Crippen molar-refractivity contribution in [3.8, 4) is 11.4 Å². The molecule has 0 spiro atoms. The van der Waals surface area contributed by atoms with Crippen molar-refractivity contribution in [2.24, 2.45) is 5.73 Å². The first-order valence-corrected chi connectivity index (χ1v) is 7.88. The third-order valence-electron chi connectivity index (χ3n) is 3.54. The van der Waals surface area contributed by atoms with Gasteiger partial charge in [0.15, 0.2) is 11.6 Å². The minimum atomic E-state index is -0.463. The van der Waals surface area contributed by atoms with Crippen LogP contribution < -0.4 is 11.3 Å². The number of primary amides is 1. The van der Waals surface area contributed by atoms with E-state index in [0.717, 1.165) is 24.1 Å². The summed E-state index contributed by atoms with van der Waals surface area (Å²) in [7, 11) is 0. The van der Waals surface area contributed by atoms with Crippen molar-refractivity contribution < 1.29 is 4.79 Å². The lowest BCUT2D eigenvalue weighted by Gasteiger charge is -2.12. The minimum absolute atomic E-state index is 0.00644. The molecule has 0 aliphatic heterocycles. The lowest BCUT2D eigenvalue weighted by atomic mass is 10.0. The van der Waals surface area contributed by atoms with Crippen molar-refractivity contribution in [2.45, 2.75) is 52.5 Å². The molecule has 7 heteroatoms. The summed E-state index contributed by atoms with van der Waals surface area (Å²) in [6.07, 6.45) is 1.98. The number of amides is 1. The Hall–Kier alpha value is -2.44. The van der Waals surface area contributed by atoms with E-state index in [1.807, 2.05) is 13.8 Å². The van der Waals surface area contributed by atoms with Gasteiger partial charge in [-0.15, -0.1) is 0 Å². The topological polar surface area (TPSA) is 107 Å².